The van der Waals surface area contributed by atoms with Crippen LogP contribution < -0.4 is 20.7 Å². The number of nitrogens with zero attached hydrogens (tertiary/aromatic N) is 6. The maximum absolute atomic E-state index is 13.1. The van der Waals surface area contributed by atoms with Crippen molar-refractivity contribution in [2.24, 2.45) is 43.6 Å². The Bertz CT molecular complexity index is 4090. The largest absolute Gasteiger partial charge is 0.508 e. The molecule has 11 aliphatic rings. The fourth-order valence-electron chi connectivity index (χ4n) is 15.1. The van der Waals surface area contributed by atoms with Gasteiger partial charge in [-0.15, -0.1) is 0 Å². The molecule has 3 amide bonds. The molecule has 3 spiro atoms. The van der Waals surface area contributed by atoms with Gasteiger partial charge in [-0.2, -0.15) is 12.9 Å². The summed E-state index contributed by atoms with van der Waals surface area (Å²) in [6.45, 7) is 21.4. The standard InChI is InChI=1S/C27H37N3O5S.C22H29N3O4S.C15H23N3O3S.C7H7BrO.C6H12O/c1-20-16-23(35-19-26(2)17-34-18-26)9-8-21(20)10-15-36(32,33)30-13-11-27(12-14-30)25(31)28-24(29-27)22-6-4-3-5-7-22;1-16-15-19(26)8-7-17(16)9-14-30(28,29)25-12-10-22(11-13-25)21(27)23-20(24-22)18-5-3-2-4-6-18;1-2-22(20,21)18-10-8-15(9-11-18)14(19)16-13(17-15)12-6-4-3-5-7-12;1-5-4-6(9)2-3-7(5)8;1-3-6(2)4-7-5-6/h8-10,15-16,22H,3-7,11-14,17-19H2,1-2H3,(H,28,29,31);7-9,14-15,18,26H,2-6,10-13H2,1H3,(H,23,24,27);2,12H,1,3-11H2,(H,16,17,19);2-4,9H,1H3;3-5H2,1-2H3/b15-10+;14-9+;;;. The van der Waals surface area contributed by atoms with Crippen LogP contribution in [0.2, 0.25) is 0 Å². The summed E-state index contributed by atoms with van der Waals surface area (Å²) >= 11 is 3.32. The molecule has 3 aromatic rings. The summed E-state index contributed by atoms with van der Waals surface area (Å²) in [5, 5.41) is 30.9. The van der Waals surface area contributed by atoms with Gasteiger partial charge in [-0.1, -0.05) is 113 Å². The molecule has 3 aromatic carbocycles. The van der Waals surface area contributed by atoms with Crippen molar-refractivity contribution in [2.45, 2.75) is 199 Å². The van der Waals surface area contributed by atoms with Gasteiger partial charge in [-0.3, -0.25) is 29.4 Å². The molecule has 23 nitrogen and oxygen atoms in total. The average Bonchev–Trinajstić information content (AvgIpc) is 1.61. The number of halogens is 1. The van der Waals surface area contributed by atoms with Crippen molar-refractivity contribution >= 4 is 93.4 Å². The first-order valence-corrected chi connectivity index (χ1v) is 42.6. The summed E-state index contributed by atoms with van der Waals surface area (Å²) in [6.07, 6.45) is 24.3. The highest BCUT2D eigenvalue weighted by molar-refractivity contribution is 9.10. The predicted molar refractivity (Wildman–Crippen MR) is 410 cm³/mol. The van der Waals surface area contributed by atoms with Gasteiger partial charge in [-0.25, -0.2) is 25.3 Å². The number of aliphatic imine (C=N–C) groups is 3. The van der Waals surface area contributed by atoms with E-state index in [-0.39, 0.29) is 55.1 Å². The molecule has 570 valence electrons. The lowest BCUT2D eigenvalue weighted by atomic mass is 9.86. The van der Waals surface area contributed by atoms with Crippen molar-refractivity contribution in [2.75, 3.05) is 72.3 Å². The van der Waals surface area contributed by atoms with E-state index in [9.17, 15) is 44.7 Å². The number of piperidine rings is 3. The van der Waals surface area contributed by atoms with Gasteiger partial charge < -0.3 is 40.4 Å². The molecule has 0 unspecified atom stereocenters. The van der Waals surface area contributed by atoms with Gasteiger partial charge in [0, 0.05) is 88.5 Å². The number of phenols is 2. The molecular weight excluding hydrogens is 1450 g/mol. The number of sulfonamides is 3. The molecular formula is C77H108BrN9O14S3. The van der Waals surface area contributed by atoms with E-state index in [2.05, 4.69) is 59.2 Å². The number of rotatable bonds is 15. The zero-order valence-corrected chi connectivity index (χ0v) is 65.5. The number of hydrogen-bond acceptors (Lipinski definition) is 17. The molecule has 5 N–H and O–H groups in total. The molecule has 104 heavy (non-hydrogen) atoms. The topological polar surface area (TPSA) is 305 Å². The molecule has 8 heterocycles. The van der Waals surface area contributed by atoms with Crippen LogP contribution in [0.25, 0.3) is 12.2 Å². The number of amidine groups is 3. The highest BCUT2D eigenvalue weighted by Crippen LogP contribution is 2.40. The Morgan fingerprint density at radius 1 is 0.519 bits per heavy atom. The number of aryl methyl sites for hydroxylation is 3. The molecule has 5 saturated heterocycles. The van der Waals surface area contributed by atoms with E-state index in [0.29, 0.717) is 100 Å². The summed E-state index contributed by atoms with van der Waals surface area (Å²) in [5.74, 6) is 4.57. The number of benzene rings is 3. The lowest BCUT2D eigenvalue weighted by Gasteiger charge is -2.37. The van der Waals surface area contributed by atoms with Crippen molar-refractivity contribution in [3.63, 3.8) is 0 Å². The zero-order valence-electron chi connectivity index (χ0n) is 61.4. The third kappa shape index (κ3) is 20.0. The Kier molecular flexibility index (Phi) is 26.6. The molecule has 14 rings (SSSR count). The summed E-state index contributed by atoms with van der Waals surface area (Å²) < 4.78 is 96.8. The fraction of sp³-hybridized carbons (Fsp3) is 0.610. The number of phenolic OH excluding ortho intramolecular Hbond substituents is 2. The van der Waals surface area contributed by atoms with Gasteiger partial charge in [0.05, 0.1) is 33.0 Å². The molecule has 0 bridgehead atoms. The first-order valence-electron chi connectivity index (χ1n) is 37.3. The van der Waals surface area contributed by atoms with Gasteiger partial charge in [0.15, 0.2) is 0 Å². The minimum Gasteiger partial charge on any atom is -0.508 e. The van der Waals surface area contributed by atoms with Crippen molar-refractivity contribution in [1.29, 1.82) is 0 Å². The van der Waals surface area contributed by atoms with E-state index in [4.69, 9.17) is 34.3 Å². The summed E-state index contributed by atoms with van der Waals surface area (Å²) in [7, 11) is -10.6. The molecule has 0 atom stereocenters. The van der Waals surface area contributed by atoms with Crippen molar-refractivity contribution < 1.29 is 64.1 Å². The molecule has 8 aliphatic heterocycles. The quantitative estimate of drug-likeness (QED) is 0.0945. The van der Waals surface area contributed by atoms with E-state index < -0.39 is 46.7 Å². The van der Waals surface area contributed by atoms with E-state index in [1.165, 1.54) is 94.0 Å². The maximum atomic E-state index is 13.1. The van der Waals surface area contributed by atoms with E-state index in [1.54, 1.807) is 36.4 Å². The van der Waals surface area contributed by atoms with Gasteiger partial charge in [0.1, 0.15) is 51.4 Å². The molecule has 0 aromatic heterocycles. The first-order chi connectivity index (χ1) is 49.4. The van der Waals surface area contributed by atoms with E-state index >= 15 is 0 Å². The second kappa shape index (κ2) is 34.4. The Morgan fingerprint density at radius 3 is 1.17 bits per heavy atom. The fourth-order valence-corrected chi connectivity index (χ4v) is 18.6. The molecule has 8 fully saturated rings. The highest BCUT2D eigenvalue weighted by Gasteiger charge is 2.51. The molecule has 3 aliphatic carbocycles. The highest BCUT2D eigenvalue weighted by atomic mass is 79.9. The van der Waals surface area contributed by atoms with Crippen LogP contribution in [0.4, 0.5) is 0 Å². The number of ether oxygens (including phenoxy) is 3. The minimum absolute atomic E-state index is 0.0521. The molecule has 0 radical (unpaired) electrons. The van der Waals surface area contributed by atoms with Crippen LogP contribution in [0.15, 0.2) is 96.9 Å². The maximum Gasteiger partial charge on any atom is 0.253 e. The second-order valence-electron chi connectivity index (χ2n) is 30.8. The Morgan fingerprint density at radius 2 is 0.865 bits per heavy atom. The number of aromatic hydroxyl groups is 2. The SMILES string of the molecule is C=CS(=O)(=O)N1CCC2(CC1)N=C(C1CCCCC1)NC2=O.CCC1(C)COC1.Cc1cc(O)ccc1/C=C/S(=O)(=O)N1CCC2(CC1)N=C(C1CCCCC1)NC2=O.Cc1cc(O)ccc1Br.Cc1cc(OCC2(C)COC2)ccc1/C=C/S(=O)(=O)N1CCC2(CC1)N=C(C1CCCCC1)NC2=O. The van der Waals surface area contributed by atoms with Crippen molar-refractivity contribution in [3.05, 3.63) is 110 Å². The van der Waals surface area contributed by atoms with Gasteiger partial charge in [-0.05, 0) is 187 Å². The monoisotopic (exact) mass is 1560 g/mol. The average molecular weight is 1560 g/mol. The van der Waals surface area contributed by atoms with Crippen molar-refractivity contribution in [1.82, 2.24) is 28.9 Å². The number of carbonyl (C=O) groups is 3. The lowest BCUT2D eigenvalue weighted by molar-refractivity contribution is -0.125. The van der Waals surface area contributed by atoms with Gasteiger partial charge >= 0.3 is 0 Å². The van der Waals surface area contributed by atoms with Crippen LogP contribution >= 0.6 is 15.9 Å². The lowest BCUT2D eigenvalue weighted by Crippen LogP contribution is -2.50. The van der Waals surface area contributed by atoms with Crippen molar-refractivity contribution in [3.8, 4) is 17.2 Å². The minimum atomic E-state index is -3.60. The molecule has 27 heteroatoms. The Labute approximate surface area is 624 Å². The second-order valence-corrected chi connectivity index (χ2v) is 37.2. The predicted octanol–water partition coefficient (Wildman–Crippen LogP) is 11.9. The molecule has 3 saturated carbocycles. The summed E-state index contributed by atoms with van der Waals surface area (Å²) in [5.41, 5.74) is 2.60. The van der Waals surface area contributed by atoms with Crippen LogP contribution in [0, 0.1) is 49.4 Å². The third-order valence-corrected chi connectivity index (χ3v) is 28.2. The zero-order chi connectivity index (χ0) is 74.7. The smallest absolute Gasteiger partial charge is 0.253 e. The number of nitrogens with one attached hydrogen (secondary N) is 3. The summed E-state index contributed by atoms with van der Waals surface area (Å²) in [4.78, 5) is 52.4. The van der Waals surface area contributed by atoms with Crippen LogP contribution in [0.5, 0.6) is 17.2 Å². The van der Waals surface area contributed by atoms with Gasteiger partial charge in [0.2, 0.25) is 30.1 Å². The van der Waals surface area contributed by atoms with E-state index in [0.717, 1.165) is 113 Å². The Balaban J connectivity index is 0.000000153. The summed E-state index contributed by atoms with van der Waals surface area (Å²) in [6, 6.07) is 15.7. The van der Waals surface area contributed by atoms with Crippen LogP contribution in [0.3, 0.4) is 0 Å². The van der Waals surface area contributed by atoms with Gasteiger partial charge in [0.25, 0.3) is 17.7 Å². The van der Waals surface area contributed by atoms with Crippen LogP contribution in [-0.2, 0) is 53.9 Å². The third-order valence-electron chi connectivity index (χ3n) is 22.6. The first kappa shape index (κ1) is 80.4. The van der Waals surface area contributed by atoms with E-state index in [1.807, 2.05) is 45.0 Å². The Hall–Kier alpha value is -6.17. The van der Waals surface area contributed by atoms with Crippen LogP contribution in [-0.4, -0.2) is 173 Å². The van der Waals surface area contributed by atoms with Crippen LogP contribution in [0.1, 0.15) is 190 Å². The number of carbonyl (C=O) groups excluding carboxylic acids is 3. The normalized spacial score (nSPS) is 23.4. The number of amides is 3. The number of hydrogen-bond donors (Lipinski definition) is 5.